The van der Waals surface area contributed by atoms with E-state index < -0.39 is 11.4 Å². The van der Waals surface area contributed by atoms with Crippen LogP contribution in [0.4, 0.5) is 0 Å². The molecule has 1 aliphatic rings. The first kappa shape index (κ1) is 15.2. The number of rotatable bonds is 4. The second-order valence-corrected chi connectivity index (χ2v) is 5.85. The average molecular weight is 297 g/mol. The lowest BCUT2D eigenvalue weighted by Crippen LogP contribution is -2.38. The van der Waals surface area contributed by atoms with Crippen LogP contribution in [0.2, 0.25) is 5.02 Å². The van der Waals surface area contributed by atoms with Gasteiger partial charge in [0.1, 0.15) is 5.75 Å². The fraction of sp³-hybridized carbons (Fsp3) is 0.562. The summed E-state index contributed by atoms with van der Waals surface area (Å²) in [6.07, 6.45) is 5.19. The lowest BCUT2D eigenvalue weighted by atomic mass is 9.68. The van der Waals surface area contributed by atoms with Crippen molar-refractivity contribution in [2.45, 2.75) is 50.9 Å². The summed E-state index contributed by atoms with van der Waals surface area (Å²) < 4.78 is 5.24. The number of hydrogen-bond donors (Lipinski definition) is 1. The molecule has 0 saturated heterocycles. The van der Waals surface area contributed by atoms with Crippen LogP contribution in [0.15, 0.2) is 12.1 Å². The Morgan fingerprint density at radius 2 is 2.00 bits per heavy atom. The number of halogens is 1. The van der Waals surface area contributed by atoms with E-state index in [1.165, 1.54) is 0 Å². The minimum atomic E-state index is -0.778. The summed E-state index contributed by atoms with van der Waals surface area (Å²) in [4.78, 5) is 11.9. The van der Waals surface area contributed by atoms with Gasteiger partial charge < -0.3 is 9.84 Å². The predicted molar refractivity (Wildman–Crippen MR) is 79.8 cm³/mol. The minimum absolute atomic E-state index is 0.492. The highest BCUT2D eigenvalue weighted by Crippen LogP contribution is 2.44. The summed E-state index contributed by atoms with van der Waals surface area (Å²) in [5, 5.41) is 10.3. The molecular weight excluding hydrogens is 276 g/mol. The first-order chi connectivity index (χ1) is 9.55. The van der Waals surface area contributed by atoms with Crippen molar-refractivity contribution in [1.29, 1.82) is 0 Å². The van der Waals surface area contributed by atoms with Crippen molar-refractivity contribution in [3.05, 3.63) is 28.3 Å². The number of ether oxygens (including phenoxy) is 1. The Morgan fingerprint density at radius 3 is 2.50 bits per heavy atom. The first-order valence-electron chi connectivity index (χ1n) is 7.15. The highest BCUT2D eigenvalue weighted by atomic mass is 35.5. The van der Waals surface area contributed by atoms with E-state index in [0.29, 0.717) is 23.6 Å². The molecule has 1 saturated carbocycles. The van der Waals surface area contributed by atoms with E-state index in [9.17, 15) is 9.90 Å². The van der Waals surface area contributed by atoms with Gasteiger partial charge in [0.05, 0.1) is 17.5 Å². The Kier molecular flexibility index (Phi) is 4.59. The number of aryl methyl sites for hydroxylation is 1. The molecule has 0 radical (unpaired) electrons. The molecule has 2 rings (SSSR count). The van der Waals surface area contributed by atoms with Crippen LogP contribution in [-0.4, -0.2) is 18.2 Å². The topological polar surface area (TPSA) is 46.5 Å². The van der Waals surface area contributed by atoms with E-state index >= 15 is 0 Å². The minimum Gasteiger partial charge on any atom is -0.495 e. The SMILES string of the molecule is CCc1cc(OC)c(Cl)cc1C1(C(=O)O)CCCCC1. The molecule has 4 heteroatoms. The second-order valence-electron chi connectivity index (χ2n) is 5.45. The molecule has 3 nitrogen and oxygen atoms in total. The summed E-state index contributed by atoms with van der Waals surface area (Å²) >= 11 is 6.23. The third-order valence-electron chi connectivity index (χ3n) is 4.39. The number of aliphatic carboxylic acids is 1. The fourth-order valence-corrected chi connectivity index (χ4v) is 3.48. The molecule has 0 aliphatic heterocycles. The zero-order valence-corrected chi connectivity index (χ0v) is 12.8. The molecule has 20 heavy (non-hydrogen) atoms. The standard InChI is InChI=1S/C16H21ClO3/c1-3-11-9-14(20-2)13(17)10-12(11)16(15(18)19)7-5-4-6-8-16/h9-10H,3-8H2,1-2H3,(H,18,19). The Hall–Kier alpha value is -1.22. The summed E-state index contributed by atoms with van der Waals surface area (Å²) in [6.45, 7) is 2.03. The molecule has 1 fully saturated rings. The molecule has 1 aliphatic carbocycles. The normalized spacial score (nSPS) is 17.8. The van der Waals surface area contributed by atoms with Crippen LogP contribution in [0, 0.1) is 0 Å². The molecule has 0 amide bonds. The average Bonchev–Trinajstić information content (AvgIpc) is 2.47. The number of carboxylic acid groups (broad SMARTS) is 1. The molecule has 0 bridgehead atoms. The number of methoxy groups -OCH3 is 1. The first-order valence-corrected chi connectivity index (χ1v) is 7.53. The monoisotopic (exact) mass is 296 g/mol. The highest BCUT2D eigenvalue weighted by molar-refractivity contribution is 6.32. The maximum absolute atomic E-state index is 11.9. The van der Waals surface area contributed by atoms with Crippen molar-refractivity contribution in [3.8, 4) is 5.75 Å². The Bertz CT molecular complexity index is 505. The molecule has 0 spiro atoms. The van der Waals surface area contributed by atoms with E-state index in [0.717, 1.165) is 36.8 Å². The number of carboxylic acids is 1. The van der Waals surface area contributed by atoms with Gasteiger partial charge in [0.2, 0.25) is 0 Å². The second kappa shape index (κ2) is 6.04. The van der Waals surface area contributed by atoms with Gasteiger partial charge in [-0.3, -0.25) is 4.79 Å². The largest absolute Gasteiger partial charge is 0.495 e. The van der Waals surface area contributed by atoms with Gasteiger partial charge in [0.25, 0.3) is 0 Å². The van der Waals surface area contributed by atoms with Crippen molar-refractivity contribution in [2.24, 2.45) is 0 Å². The van der Waals surface area contributed by atoms with E-state index in [2.05, 4.69) is 0 Å². The van der Waals surface area contributed by atoms with E-state index in [1.54, 1.807) is 13.2 Å². The molecule has 0 atom stereocenters. The summed E-state index contributed by atoms with van der Waals surface area (Å²) in [6, 6.07) is 3.69. The van der Waals surface area contributed by atoms with Crippen molar-refractivity contribution in [3.63, 3.8) is 0 Å². The molecule has 0 unspecified atom stereocenters. The maximum atomic E-state index is 11.9. The van der Waals surface area contributed by atoms with Gasteiger partial charge in [-0.15, -0.1) is 0 Å². The van der Waals surface area contributed by atoms with Crippen LogP contribution < -0.4 is 4.74 Å². The van der Waals surface area contributed by atoms with Crippen LogP contribution in [0.1, 0.15) is 50.2 Å². The molecule has 0 aromatic heterocycles. The third-order valence-corrected chi connectivity index (χ3v) is 4.69. The Labute approximate surface area is 124 Å². The van der Waals surface area contributed by atoms with E-state index in [1.807, 2.05) is 13.0 Å². The maximum Gasteiger partial charge on any atom is 0.314 e. The molecule has 1 aromatic rings. The van der Waals surface area contributed by atoms with Crippen LogP contribution in [-0.2, 0) is 16.6 Å². The van der Waals surface area contributed by atoms with E-state index in [4.69, 9.17) is 16.3 Å². The van der Waals surface area contributed by atoms with Crippen molar-refractivity contribution >= 4 is 17.6 Å². The molecular formula is C16H21ClO3. The number of hydrogen-bond acceptors (Lipinski definition) is 2. The van der Waals surface area contributed by atoms with Crippen LogP contribution in [0.3, 0.4) is 0 Å². The lowest BCUT2D eigenvalue weighted by Gasteiger charge is -2.35. The zero-order valence-electron chi connectivity index (χ0n) is 12.0. The lowest BCUT2D eigenvalue weighted by molar-refractivity contribution is -0.145. The van der Waals surface area contributed by atoms with Crippen LogP contribution in [0.5, 0.6) is 5.75 Å². The van der Waals surface area contributed by atoms with Crippen LogP contribution in [0.25, 0.3) is 0 Å². The highest BCUT2D eigenvalue weighted by Gasteiger charge is 2.42. The summed E-state index contributed by atoms with van der Waals surface area (Å²) in [5.74, 6) is -0.114. The molecule has 1 N–H and O–H groups in total. The van der Waals surface area contributed by atoms with Gasteiger partial charge in [0, 0.05) is 0 Å². The van der Waals surface area contributed by atoms with Gasteiger partial charge in [-0.1, -0.05) is 37.8 Å². The zero-order chi connectivity index (χ0) is 14.8. The van der Waals surface area contributed by atoms with Crippen molar-refractivity contribution in [1.82, 2.24) is 0 Å². The number of benzene rings is 1. The van der Waals surface area contributed by atoms with Gasteiger partial charge in [-0.2, -0.15) is 0 Å². The summed E-state index contributed by atoms with van der Waals surface area (Å²) in [7, 11) is 1.58. The van der Waals surface area contributed by atoms with Crippen molar-refractivity contribution < 1.29 is 14.6 Å². The van der Waals surface area contributed by atoms with Crippen molar-refractivity contribution in [2.75, 3.05) is 7.11 Å². The van der Waals surface area contributed by atoms with Gasteiger partial charge in [-0.05, 0) is 42.5 Å². The van der Waals surface area contributed by atoms with E-state index in [-0.39, 0.29) is 0 Å². The van der Waals surface area contributed by atoms with Crippen LogP contribution >= 0.6 is 11.6 Å². The van der Waals surface area contributed by atoms with Gasteiger partial charge in [-0.25, -0.2) is 0 Å². The molecule has 0 heterocycles. The Morgan fingerprint density at radius 1 is 1.35 bits per heavy atom. The van der Waals surface area contributed by atoms with Gasteiger partial charge >= 0.3 is 5.97 Å². The smallest absolute Gasteiger partial charge is 0.314 e. The number of carbonyl (C=O) groups is 1. The fourth-order valence-electron chi connectivity index (χ4n) is 3.24. The quantitative estimate of drug-likeness (QED) is 0.906. The van der Waals surface area contributed by atoms with Gasteiger partial charge in [0.15, 0.2) is 0 Å². The molecule has 1 aromatic carbocycles. The Balaban J connectivity index is 2.58. The third kappa shape index (κ3) is 2.51. The molecule has 110 valence electrons. The predicted octanol–water partition coefficient (Wildman–Crippen LogP) is 4.20. The summed E-state index contributed by atoms with van der Waals surface area (Å²) in [5.41, 5.74) is 1.12.